The van der Waals surface area contributed by atoms with Gasteiger partial charge < -0.3 is 0 Å². The molecule has 0 nitrogen and oxygen atoms in total. The van der Waals surface area contributed by atoms with E-state index in [1.54, 1.807) is 0 Å². The topological polar surface area (TPSA) is 0 Å². The molecule has 0 radical (unpaired) electrons. The summed E-state index contributed by atoms with van der Waals surface area (Å²) < 4.78 is 0. The molecule has 0 spiro atoms. The molecule has 68 valence electrons. The molecule has 0 aromatic rings. The van der Waals surface area contributed by atoms with E-state index in [2.05, 4.69) is 33.4 Å². The van der Waals surface area contributed by atoms with Gasteiger partial charge in [0.25, 0.3) is 0 Å². The Morgan fingerprint density at radius 1 is 1.58 bits per heavy atom. The van der Waals surface area contributed by atoms with Gasteiger partial charge in [-0.25, -0.2) is 0 Å². The van der Waals surface area contributed by atoms with Crippen molar-refractivity contribution in [2.45, 2.75) is 40.0 Å². The van der Waals surface area contributed by atoms with Crippen LogP contribution in [0.4, 0.5) is 0 Å². The molecule has 0 aliphatic heterocycles. The summed E-state index contributed by atoms with van der Waals surface area (Å²) in [7, 11) is 0. The zero-order valence-electron chi connectivity index (χ0n) is 8.56. The first-order chi connectivity index (χ1) is 5.69. The van der Waals surface area contributed by atoms with E-state index < -0.39 is 0 Å². The molecule has 0 saturated carbocycles. The maximum Gasteiger partial charge on any atom is -0.00160 e. The molecule has 0 fully saturated rings. The van der Waals surface area contributed by atoms with Gasteiger partial charge in [0.1, 0.15) is 0 Å². The van der Waals surface area contributed by atoms with Crippen LogP contribution in [0.3, 0.4) is 0 Å². The van der Waals surface area contributed by atoms with Crippen LogP contribution in [0.15, 0.2) is 24.3 Å². The molecule has 0 amide bonds. The molecule has 1 unspecified atom stereocenters. The summed E-state index contributed by atoms with van der Waals surface area (Å²) in [6.07, 6.45) is 8.17. The lowest BCUT2D eigenvalue weighted by atomic mass is 9.61. The monoisotopic (exact) mass is 164 g/mol. The summed E-state index contributed by atoms with van der Waals surface area (Å²) in [5.41, 5.74) is 1.92. The Kier molecular flexibility index (Phi) is 2.76. The molecule has 0 bridgehead atoms. The van der Waals surface area contributed by atoms with Gasteiger partial charge >= 0.3 is 0 Å². The predicted molar refractivity (Wildman–Crippen MR) is 55.1 cm³/mol. The molecule has 0 N–H and O–H groups in total. The molecule has 0 heterocycles. The van der Waals surface area contributed by atoms with Gasteiger partial charge in [0.15, 0.2) is 0 Å². The van der Waals surface area contributed by atoms with E-state index >= 15 is 0 Å². The van der Waals surface area contributed by atoms with E-state index in [-0.39, 0.29) is 0 Å². The molecule has 0 aromatic heterocycles. The highest BCUT2D eigenvalue weighted by atomic mass is 14.4. The average Bonchev–Trinajstić information content (AvgIpc) is 2.05. The summed E-state index contributed by atoms with van der Waals surface area (Å²) in [5, 5.41) is 0. The Bertz CT molecular complexity index is 196. The Hall–Kier alpha value is -0.520. The van der Waals surface area contributed by atoms with Gasteiger partial charge in [0.2, 0.25) is 0 Å². The Balaban J connectivity index is 2.73. The van der Waals surface area contributed by atoms with Crippen LogP contribution in [0, 0.1) is 11.3 Å². The van der Waals surface area contributed by atoms with Gasteiger partial charge in [-0.15, -0.1) is 0 Å². The minimum atomic E-state index is 0.450. The summed E-state index contributed by atoms with van der Waals surface area (Å²) in [6.45, 7) is 10.8. The van der Waals surface area contributed by atoms with Crippen molar-refractivity contribution in [2.24, 2.45) is 11.3 Å². The molecule has 1 aliphatic rings. The smallest absolute Gasteiger partial charge is 0.00160 e. The SMILES string of the molecule is C=CC1=CCC1(C)C(CC)CC. The van der Waals surface area contributed by atoms with Crippen molar-refractivity contribution in [3.8, 4) is 0 Å². The van der Waals surface area contributed by atoms with Crippen molar-refractivity contribution >= 4 is 0 Å². The maximum absolute atomic E-state index is 3.86. The largest absolute Gasteiger partial charge is 0.0988 e. The van der Waals surface area contributed by atoms with Crippen molar-refractivity contribution in [1.82, 2.24) is 0 Å². The summed E-state index contributed by atoms with van der Waals surface area (Å²) >= 11 is 0. The fraction of sp³-hybridized carbons (Fsp3) is 0.667. The van der Waals surface area contributed by atoms with Crippen LogP contribution < -0.4 is 0 Å². The maximum atomic E-state index is 3.86. The Morgan fingerprint density at radius 3 is 2.42 bits per heavy atom. The molecule has 1 rings (SSSR count). The second-order valence-corrected chi connectivity index (χ2v) is 4.00. The molecule has 1 atom stereocenters. The van der Waals surface area contributed by atoms with Crippen LogP contribution in [-0.2, 0) is 0 Å². The van der Waals surface area contributed by atoms with E-state index in [1.807, 2.05) is 6.08 Å². The summed E-state index contributed by atoms with van der Waals surface area (Å²) in [6, 6.07) is 0. The molecular weight excluding hydrogens is 144 g/mol. The lowest BCUT2D eigenvalue weighted by molar-refractivity contribution is 0.203. The Labute approximate surface area is 76.4 Å². The fourth-order valence-corrected chi connectivity index (χ4v) is 2.45. The van der Waals surface area contributed by atoms with Crippen LogP contribution in [0.1, 0.15) is 40.0 Å². The van der Waals surface area contributed by atoms with E-state index in [0.29, 0.717) is 5.41 Å². The lowest BCUT2D eigenvalue weighted by Crippen LogP contribution is -2.33. The standard InChI is InChI=1S/C12H20/c1-5-10(6-2)12(4)9-8-11(12)7-3/h7-8,10H,3,5-6,9H2,1-2,4H3. The van der Waals surface area contributed by atoms with Crippen LogP contribution >= 0.6 is 0 Å². The molecule has 1 aliphatic carbocycles. The number of allylic oxidation sites excluding steroid dienone is 3. The third kappa shape index (κ3) is 1.24. The molecule has 0 heteroatoms. The highest BCUT2D eigenvalue weighted by Crippen LogP contribution is 2.49. The van der Waals surface area contributed by atoms with Crippen molar-refractivity contribution in [3.05, 3.63) is 24.3 Å². The van der Waals surface area contributed by atoms with Crippen LogP contribution in [0.25, 0.3) is 0 Å². The average molecular weight is 164 g/mol. The predicted octanol–water partition coefficient (Wildman–Crippen LogP) is 3.95. The van der Waals surface area contributed by atoms with Crippen LogP contribution in [0.2, 0.25) is 0 Å². The van der Waals surface area contributed by atoms with Gasteiger partial charge in [0, 0.05) is 0 Å². The molecule has 0 aromatic carbocycles. The van der Waals surface area contributed by atoms with Gasteiger partial charge in [-0.3, -0.25) is 0 Å². The van der Waals surface area contributed by atoms with Crippen LogP contribution in [0.5, 0.6) is 0 Å². The van der Waals surface area contributed by atoms with Crippen LogP contribution in [-0.4, -0.2) is 0 Å². The number of hydrogen-bond acceptors (Lipinski definition) is 0. The van der Waals surface area contributed by atoms with Gasteiger partial charge in [-0.05, 0) is 23.3 Å². The normalized spacial score (nSPS) is 28.2. The molecule has 0 saturated heterocycles. The quantitative estimate of drug-likeness (QED) is 0.590. The Morgan fingerprint density at radius 2 is 2.17 bits per heavy atom. The van der Waals surface area contributed by atoms with Crippen molar-refractivity contribution in [2.75, 3.05) is 0 Å². The van der Waals surface area contributed by atoms with Gasteiger partial charge in [-0.2, -0.15) is 0 Å². The summed E-state index contributed by atoms with van der Waals surface area (Å²) in [4.78, 5) is 0. The first kappa shape index (κ1) is 9.57. The van der Waals surface area contributed by atoms with E-state index in [4.69, 9.17) is 0 Å². The third-order valence-electron chi connectivity index (χ3n) is 3.51. The second kappa shape index (κ2) is 3.47. The van der Waals surface area contributed by atoms with E-state index in [9.17, 15) is 0 Å². The highest BCUT2D eigenvalue weighted by molar-refractivity contribution is 5.34. The minimum Gasteiger partial charge on any atom is -0.0988 e. The van der Waals surface area contributed by atoms with Crippen molar-refractivity contribution in [1.29, 1.82) is 0 Å². The number of rotatable bonds is 4. The highest BCUT2D eigenvalue weighted by Gasteiger charge is 2.38. The van der Waals surface area contributed by atoms with Crippen molar-refractivity contribution in [3.63, 3.8) is 0 Å². The molecule has 12 heavy (non-hydrogen) atoms. The number of hydrogen-bond donors (Lipinski definition) is 0. The zero-order valence-corrected chi connectivity index (χ0v) is 8.56. The van der Waals surface area contributed by atoms with Gasteiger partial charge in [-0.1, -0.05) is 52.3 Å². The van der Waals surface area contributed by atoms with Crippen molar-refractivity contribution < 1.29 is 0 Å². The van der Waals surface area contributed by atoms with E-state index in [0.717, 1.165) is 5.92 Å². The zero-order chi connectivity index (χ0) is 9.19. The third-order valence-corrected chi connectivity index (χ3v) is 3.51. The van der Waals surface area contributed by atoms with Gasteiger partial charge in [0.05, 0.1) is 0 Å². The minimum absolute atomic E-state index is 0.450. The lowest BCUT2D eigenvalue weighted by Gasteiger charge is -2.44. The first-order valence-corrected chi connectivity index (χ1v) is 5.02. The molecular formula is C12H20. The summed E-state index contributed by atoms with van der Waals surface area (Å²) in [5.74, 6) is 0.843. The first-order valence-electron chi connectivity index (χ1n) is 5.02. The van der Waals surface area contributed by atoms with E-state index in [1.165, 1.54) is 24.8 Å². The second-order valence-electron chi connectivity index (χ2n) is 4.00. The fourth-order valence-electron chi connectivity index (χ4n) is 2.45.